The first kappa shape index (κ1) is 11.0. The molecule has 0 radical (unpaired) electrons. The summed E-state index contributed by atoms with van der Waals surface area (Å²) >= 11 is 0. The fourth-order valence-corrected chi connectivity index (χ4v) is 1.88. The van der Waals surface area contributed by atoms with Gasteiger partial charge in [0.25, 0.3) is 10.0 Å². The Labute approximate surface area is 81.2 Å². The Morgan fingerprint density at radius 1 is 1.57 bits per heavy atom. The molecule has 0 aliphatic heterocycles. The molecule has 7 heteroatoms. The molecule has 0 atom stereocenters. The number of halogens is 1. The predicted molar refractivity (Wildman–Crippen MR) is 48.4 cm³/mol. The molecule has 0 saturated heterocycles. The molecule has 1 aromatic rings. The van der Waals surface area contributed by atoms with Crippen molar-refractivity contribution in [1.82, 2.24) is 9.71 Å². The van der Waals surface area contributed by atoms with Crippen LogP contribution in [0.1, 0.15) is 0 Å². The Hall–Kier alpha value is -1.05. The summed E-state index contributed by atoms with van der Waals surface area (Å²) in [6, 6.07) is 2.35. The molecule has 78 valence electrons. The third-order valence-corrected chi connectivity index (χ3v) is 2.81. The van der Waals surface area contributed by atoms with Gasteiger partial charge in [-0.2, -0.15) is 0 Å². The summed E-state index contributed by atoms with van der Waals surface area (Å²) in [6.07, 6.45) is 1.21. The highest BCUT2D eigenvalue weighted by Gasteiger charge is 2.18. The number of nitrogens with zero attached hydrogens (tertiary/aromatic N) is 1. The van der Waals surface area contributed by atoms with Gasteiger partial charge >= 0.3 is 0 Å². The van der Waals surface area contributed by atoms with E-state index in [1.165, 1.54) is 12.3 Å². The van der Waals surface area contributed by atoms with Gasteiger partial charge in [0.1, 0.15) is 0 Å². The van der Waals surface area contributed by atoms with Crippen LogP contribution in [0.5, 0.6) is 0 Å². The van der Waals surface area contributed by atoms with Crippen LogP contribution in [-0.2, 0) is 10.0 Å². The molecule has 1 heterocycles. The number of rotatable bonds is 4. The van der Waals surface area contributed by atoms with Crippen LogP contribution in [-0.4, -0.2) is 26.5 Å². The maximum absolute atomic E-state index is 13.0. The normalized spacial score (nSPS) is 11.6. The number of hydrogen-bond acceptors (Lipinski definition) is 4. The highest BCUT2D eigenvalue weighted by molar-refractivity contribution is 7.89. The summed E-state index contributed by atoms with van der Waals surface area (Å²) in [4.78, 5) is 3.44. The molecular formula is C7H10FN3O2S. The van der Waals surface area contributed by atoms with Gasteiger partial charge in [0.2, 0.25) is 5.03 Å². The second kappa shape index (κ2) is 4.45. The Morgan fingerprint density at radius 2 is 2.29 bits per heavy atom. The van der Waals surface area contributed by atoms with Crippen LogP contribution < -0.4 is 10.5 Å². The Bertz CT molecular complexity index is 407. The SMILES string of the molecule is NCCNS(=O)(=O)c1ncccc1F. The number of hydrogen-bond donors (Lipinski definition) is 2. The lowest BCUT2D eigenvalue weighted by atomic mass is 10.5. The third-order valence-electron chi connectivity index (χ3n) is 1.42. The molecule has 3 N–H and O–H groups in total. The van der Waals surface area contributed by atoms with Crippen LogP contribution in [0, 0.1) is 5.82 Å². The minimum absolute atomic E-state index is 0.0539. The van der Waals surface area contributed by atoms with E-state index in [1.54, 1.807) is 0 Å². The first-order valence-corrected chi connectivity index (χ1v) is 5.36. The molecule has 1 aromatic heterocycles. The van der Waals surface area contributed by atoms with Crippen molar-refractivity contribution in [1.29, 1.82) is 0 Å². The van der Waals surface area contributed by atoms with Crippen LogP contribution in [0.2, 0.25) is 0 Å². The summed E-state index contributed by atoms with van der Waals surface area (Å²) < 4.78 is 37.8. The van der Waals surface area contributed by atoms with Crippen molar-refractivity contribution >= 4 is 10.0 Å². The first-order valence-electron chi connectivity index (χ1n) is 3.88. The zero-order chi connectivity index (χ0) is 10.6. The second-order valence-corrected chi connectivity index (χ2v) is 4.16. The number of nitrogens with two attached hydrogens (primary N) is 1. The second-order valence-electron chi connectivity index (χ2n) is 2.48. The van der Waals surface area contributed by atoms with Gasteiger partial charge in [-0.1, -0.05) is 0 Å². The summed E-state index contributed by atoms with van der Waals surface area (Å²) in [6.45, 7) is 0.200. The van der Waals surface area contributed by atoms with Gasteiger partial charge in [0.05, 0.1) is 0 Å². The molecule has 0 aliphatic carbocycles. The lowest BCUT2D eigenvalue weighted by molar-refractivity contribution is 0.545. The number of nitrogens with one attached hydrogen (secondary N) is 1. The van der Waals surface area contributed by atoms with Gasteiger partial charge in [-0.05, 0) is 12.1 Å². The molecule has 0 fully saturated rings. The van der Waals surface area contributed by atoms with Crippen LogP contribution in [0.3, 0.4) is 0 Å². The summed E-state index contributed by atoms with van der Waals surface area (Å²) in [5.41, 5.74) is 5.11. The van der Waals surface area contributed by atoms with E-state index in [0.717, 1.165) is 6.07 Å². The molecule has 0 spiro atoms. The molecule has 0 unspecified atom stereocenters. The third kappa shape index (κ3) is 2.47. The molecule has 14 heavy (non-hydrogen) atoms. The zero-order valence-electron chi connectivity index (χ0n) is 7.27. The highest BCUT2D eigenvalue weighted by Crippen LogP contribution is 2.08. The standard InChI is InChI=1S/C7H10FN3O2S/c8-6-2-1-4-10-7(6)14(12,13)11-5-3-9/h1-2,4,11H,3,5,9H2. The minimum atomic E-state index is -3.87. The van der Waals surface area contributed by atoms with Gasteiger partial charge in [0.15, 0.2) is 5.82 Å². The Balaban J connectivity index is 2.99. The smallest absolute Gasteiger partial charge is 0.261 e. The molecule has 0 bridgehead atoms. The Morgan fingerprint density at radius 3 is 2.86 bits per heavy atom. The maximum atomic E-state index is 13.0. The lowest BCUT2D eigenvalue weighted by Crippen LogP contribution is -2.30. The fourth-order valence-electron chi connectivity index (χ4n) is 0.831. The van der Waals surface area contributed by atoms with Gasteiger partial charge in [0, 0.05) is 19.3 Å². The average molecular weight is 219 g/mol. The molecule has 0 aliphatic rings. The molecular weight excluding hydrogens is 209 g/mol. The zero-order valence-corrected chi connectivity index (χ0v) is 8.09. The van der Waals surface area contributed by atoms with Crippen LogP contribution in [0.25, 0.3) is 0 Å². The molecule has 1 rings (SSSR count). The fraction of sp³-hybridized carbons (Fsp3) is 0.286. The monoisotopic (exact) mass is 219 g/mol. The predicted octanol–water partition coefficient (Wildman–Crippen LogP) is -0.542. The van der Waals surface area contributed by atoms with E-state index >= 15 is 0 Å². The van der Waals surface area contributed by atoms with Gasteiger partial charge in [-0.25, -0.2) is 22.5 Å². The van der Waals surface area contributed by atoms with E-state index in [2.05, 4.69) is 9.71 Å². The van der Waals surface area contributed by atoms with Crippen molar-refractivity contribution in [3.05, 3.63) is 24.1 Å². The van der Waals surface area contributed by atoms with Gasteiger partial charge < -0.3 is 5.73 Å². The van der Waals surface area contributed by atoms with Crippen LogP contribution >= 0.6 is 0 Å². The van der Waals surface area contributed by atoms with Crippen molar-refractivity contribution in [2.45, 2.75) is 5.03 Å². The van der Waals surface area contributed by atoms with Crippen molar-refractivity contribution in [2.75, 3.05) is 13.1 Å². The van der Waals surface area contributed by atoms with E-state index in [4.69, 9.17) is 5.73 Å². The number of aromatic nitrogens is 1. The van der Waals surface area contributed by atoms with Crippen molar-refractivity contribution in [3.63, 3.8) is 0 Å². The molecule has 5 nitrogen and oxygen atoms in total. The average Bonchev–Trinajstić information content (AvgIpc) is 2.15. The van der Waals surface area contributed by atoms with Crippen LogP contribution in [0.15, 0.2) is 23.4 Å². The van der Waals surface area contributed by atoms with Gasteiger partial charge in [-0.15, -0.1) is 0 Å². The van der Waals surface area contributed by atoms with Crippen LogP contribution in [0.4, 0.5) is 4.39 Å². The van der Waals surface area contributed by atoms with Crippen molar-refractivity contribution in [2.24, 2.45) is 5.73 Å². The van der Waals surface area contributed by atoms with Crippen molar-refractivity contribution < 1.29 is 12.8 Å². The summed E-state index contributed by atoms with van der Waals surface area (Å²) in [7, 11) is -3.87. The van der Waals surface area contributed by atoms with E-state index in [0.29, 0.717) is 0 Å². The number of pyridine rings is 1. The summed E-state index contributed by atoms with van der Waals surface area (Å²) in [5, 5.41) is -0.603. The Kier molecular flexibility index (Phi) is 3.50. The lowest BCUT2D eigenvalue weighted by Gasteiger charge is -2.04. The van der Waals surface area contributed by atoms with Crippen molar-refractivity contribution in [3.8, 4) is 0 Å². The van der Waals surface area contributed by atoms with E-state index in [-0.39, 0.29) is 13.1 Å². The number of sulfonamides is 1. The molecule has 0 aromatic carbocycles. The highest BCUT2D eigenvalue weighted by atomic mass is 32.2. The topological polar surface area (TPSA) is 85.1 Å². The van der Waals surface area contributed by atoms with E-state index in [1.807, 2.05) is 0 Å². The van der Waals surface area contributed by atoms with Gasteiger partial charge in [-0.3, -0.25) is 0 Å². The van der Waals surface area contributed by atoms with E-state index < -0.39 is 20.9 Å². The maximum Gasteiger partial charge on any atom is 0.261 e. The largest absolute Gasteiger partial charge is 0.329 e. The first-order chi connectivity index (χ1) is 6.58. The molecule has 0 saturated carbocycles. The minimum Gasteiger partial charge on any atom is -0.329 e. The quantitative estimate of drug-likeness (QED) is 0.712. The molecule has 0 amide bonds. The summed E-state index contributed by atoms with van der Waals surface area (Å²) in [5.74, 6) is -0.878. The van der Waals surface area contributed by atoms with E-state index in [9.17, 15) is 12.8 Å².